The number of carbonyl (C=O) groups excluding carboxylic acids is 2. The van der Waals surface area contributed by atoms with E-state index >= 15 is 0 Å². The van der Waals surface area contributed by atoms with Gasteiger partial charge in [0.15, 0.2) is 17.3 Å². The zero-order valence-electron chi connectivity index (χ0n) is 16.2. The van der Waals surface area contributed by atoms with Gasteiger partial charge in [0.2, 0.25) is 18.6 Å². The highest BCUT2D eigenvalue weighted by Crippen LogP contribution is 2.49. The molecule has 2 N–H and O–H groups in total. The first-order valence-corrected chi connectivity index (χ1v) is 9.60. The Hall–Kier alpha value is -3.81. The molecule has 1 aliphatic heterocycles. The molecule has 5 rings (SSSR count). The van der Waals surface area contributed by atoms with Gasteiger partial charge >= 0.3 is 0 Å². The molecule has 1 aliphatic carbocycles. The SMILES string of the molecule is CC(=O)Nc1cccc(NC(=O)C2(c3cc(-c4ccc5c(c4)OCO5)on3)CC2)c1. The van der Waals surface area contributed by atoms with E-state index in [0.717, 1.165) is 5.56 Å². The third-order valence-corrected chi connectivity index (χ3v) is 5.28. The fourth-order valence-electron chi connectivity index (χ4n) is 3.54. The van der Waals surface area contributed by atoms with Gasteiger partial charge in [-0.1, -0.05) is 11.2 Å². The van der Waals surface area contributed by atoms with Crippen LogP contribution < -0.4 is 20.1 Å². The van der Waals surface area contributed by atoms with Crippen LogP contribution in [0.5, 0.6) is 11.5 Å². The predicted octanol–water partition coefficient (Wildman–Crippen LogP) is 3.70. The number of nitrogens with zero attached hydrogens (tertiary/aromatic N) is 1. The van der Waals surface area contributed by atoms with E-state index in [0.29, 0.717) is 47.2 Å². The van der Waals surface area contributed by atoms with Crippen molar-refractivity contribution in [3.8, 4) is 22.8 Å². The van der Waals surface area contributed by atoms with E-state index in [9.17, 15) is 9.59 Å². The topological polar surface area (TPSA) is 103 Å². The van der Waals surface area contributed by atoms with Gasteiger partial charge < -0.3 is 24.6 Å². The molecule has 1 saturated carbocycles. The Balaban J connectivity index is 1.35. The Morgan fingerprint density at radius 1 is 0.967 bits per heavy atom. The van der Waals surface area contributed by atoms with Gasteiger partial charge in [-0.2, -0.15) is 0 Å². The molecule has 8 nitrogen and oxygen atoms in total. The van der Waals surface area contributed by atoms with Crippen molar-refractivity contribution in [3.63, 3.8) is 0 Å². The zero-order valence-corrected chi connectivity index (χ0v) is 16.2. The molecule has 2 aliphatic rings. The maximum absolute atomic E-state index is 13.0. The average Bonchev–Trinajstić information content (AvgIpc) is 3.16. The summed E-state index contributed by atoms with van der Waals surface area (Å²) in [7, 11) is 0. The summed E-state index contributed by atoms with van der Waals surface area (Å²) < 4.78 is 16.3. The highest BCUT2D eigenvalue weighted by molar-refractivity contribution is 6.01. The van der Waals surface area contributed by atoms with Crippen molar-refractivity contribution < 1.29 is 23.6 Å². The predicted molar refractivity (Wildman–Crippen MR) is 108 cm³/mol. The van der Waals surface area contributed by atoms with Crippen LogP contribution in [0.1, 0.15) is 25.5 Å². The van der Waals surface area contributed by atoms with E-state index in [-0.39, 0.29) is 18.6 Å². The van der Waals surface area contributed by atoms with Crippen molar-refractivity contribution in [1.29, 1.82) is 0 Å². The number of fused-ring (bicyclic) bond motifs is 1. The van der Waals surface area contributed by atoms with Crippen LogP contribution in [-0.2, 0) is 15.0 Å². The highest BCUT2D eigenvalue weighted by Gasteiger charge is 2.53. The van der Waals surface area contributed by atoms with E-state index in [1.54, 1.807) is 30.3 Å². The second-order valence-electron chi connectivity index (χ2n) is 7.44. The first-order chi connectivity index (χ1) is 14.5. The van der Waals surface area contributed by atoms with Gasteiger partial charge in [0.25, 0.3) is 0 Å². The van der Waals surface area contributed by atoms with Crippen molar-refractivity contribution in [3.05, 3.63) is 54.2 Å². The summed E-state index contributed by atoms with van der Waals surface area (Å²) >= 11 is 0. The van der Waals surface area contributed by atoms with Crippen LogP contribution in [0.2, 0.25) is 0 Å². The largest absolute Gasteiger partial charge is 0.454 e. The number of aromatic nitrogens is 1. The van der Waals surface area contributed by atoms with E-state index in [2.05, 4.69) is 15.8 Å². The van der Waals surface area contributed by atoms with Crippen LogP contribution in [0, 0.1) is 0 Å². The summed E-state index contributed by atoms with van der Waals surface area (Å²) in [5.74, 6) is 1.60. The van der Waals surface area contributed by atoms with Gasteiger partial charge in [-0.05, 0) is 49.2 Å². The minimum atomic E-state index is -0.706. The van der Waals surface area contributed by atoms with Crippen molar-refractivity contribution in [2.45, 2.75) is 25.2 Å². The molecule has 2 heterocycles. The Morgan fingerprint density at radius 2 is 1.73 bits per heavy atom. The number of benzene rings is 2. The molecule has 152 valence electrons. The first-order valence-electron chi connectivity index (χ1n) is 9.60. The van der Waals surface area contributed by atoms with Crippen molar-refractivity contribution in [1.82, 2.24) is 5.16 Å². The lowest BCUT2D eigenvalue weighted by Gasteiger charge is -2.13. The molecule has 0 spiro atoms. The smallest absolute Gasteiger partial charge is 0.236 e. The molecule has 1 aromatic heterocycles. The monoisotopic (exact) mass is 405 g/mol. The summed E-state index contributed by atoms with van der Waals surface area (Å²) in [4.78, 5) is 24.3. The van der Waals surface area contributed by atoms with Gasteiger partial charge in [0, 0.05) is 29.9 Å². The van der Waals surface area contributed by atoms with Crippen LogP contribution in [-0.4, -0.2) is 23.8 Å². The fraction of sp³-hybridized carbons (Fsp3) is 0.227. The number of hydrogen-bond acceptors (Lipinski definition) is 6. The molecule has 0 saturated heterocycles. The lowest BCUT2D eigenvalue weighted by molar-refractivity contribution is -0.118. The molecule has 0 bridgehead atoms. The molecule has 2 amide bonds. The van der Waals surface area contributed by atoms with Crippen LogP contribution in [0.3, 0.4) is 0 Å². The van der Waals surface area contributed by atoms with Gasteiger partial charge in [0.1, 0.15) is 0 Å². The summed E-state index contributed by atoms with van der Waals surface area (Å²) in [6.07, 6.45) is 1.38. The van der Waals surface area contributed by atoms with Gasteiger partial charge in [-0.25, -0.2) is 0 Å². The van der Waals surface area contributed by atoms with Crippen LogP contribution in [0.25, 0.3) is 11.3 Å². The summed E-state index contributed by atoms with van der Waals surface area (Å²) in [6.45, 7) is 1.64. The molecule has 0 radical (unpaired) electrons. The molecule has 3 aromatic rings. The van der Waals surface area contributed by atoms with E-state index < -0.39 is 5.41 Å². The van der Waals surface area contributed by atoms with Crippen molar-refractivity contribution in [2.24, 2.45) is 0 Å². The van der Waals surface area contributed by atoms with Crippen molar-refractivity contribution >= 4 is 23.2 Å². The third-order valence-electron chi connectivity index (χ3n) is 5.28. The number of hydrogen-bond donors (Lipinski definition) is 2. The maximum Gasteiger partial charge on any atom is 0.236 e. The number of ether oxygens (including phenoxy) is 2. The normalized spacial score (nSPS) is 15.5. The number of anilines is 2. The lowest BCUT2D eigenvalue weighted by atomic mass is 10.00. The maximum atomic E-state index is 13.0. The van der Waals surface area contributed by atoms with Gasteiger partial charge in [0.05, 0.1) is 11.1 Å². The molecule has 0 atom stereocenters. The Kier molecular flexibility index (Phi) is 4.20. The molecular formula is C22H19N3O5. The summed E-state index contributed by atoms with van der Waals surface area (Å²) in [6, 6.07) is 14.4. The molecule has 30 heavy (non-hydrogen) atoms. The van der Waals surface area contributed by atoms with Gasteiger partial charge in [-0.3, -0.25) is 9.59 Å². The molecule has 8 heteroatoms. The second kappa shape index (κ2) is 6.91. The Labute approximate surface area is 172 Å². The third kappa shape index (κ3) is 3.26. The van der Waals surface area contributed by atoms with E-state index in [1.807, 2.05) is 18.2 Å². The Bertz CT molecular complexity index is 1150. The zero-order chi connectivity index (χ0) is 20.7. The molecule has 2 aromatic carbocycles. The van der Waals surface area contributed by atoms with E-state index in [4.69, 9.17) is 14.0 Å². The molecule has 1 fully saturated rings. The van der Waals surface area contributed by atoms with Gasteiger partial charge in [-0.15, -0.1) is 0 Å². The summed E-state index contributed by atoms with van der Waals surface area (Å²) in [5, 5.41) is 9.81. The van der Waals surface area contributed by atoms with E-state index in [1.165, 1.54) is 6.92 Å². The number of nitrogens with one attached hydrogen (secondary N) is 2. The quantitative estimate of drug-likeness (QED) is 0.671. The highest BCUT2D eigenvalue weighted by atomic mass is 16.7. The average molecular weight is 405 g/mol. The lowest BCUT2D eigenvalue weighted by Crippen LogP contribution is -2.28. The number of rotatable bonds is 5. The van der Waals surface area contributed by atoms with Crippen molar-refractivity contribution in [2.75, 3.05) is 17.4 Å². The molecule has 0 unspecified atom stereocenters. The first kappa shape index (κ1) is 18.2. The van der Waals surface area contributed by atoms with Crippen LogP contribution >= 0.6 is 0 Å². The minimum Gasteiger partial charge on any atom is -0.454 e. The number of carbonyl (C=O) groups is 2. The van der Waals surface area contributed by atoms with Crippen LogP contribution in [0.15, 0.2) is 53.1 Å². The van der Waals surface area contributed by atoms with Crippen LogP contribution in [0.4, 0.5) is 11.4 Å². The Morgan fingerprint density at radius 3 is 2.50 bits per heavy atom. The number of amides is 2. The molecular weight excluding hydrogens is 386 g/mol. The fourth-order valence-corrected chi connectivity index (χ4v) is 3.54. The minimum absolute atomic E-state index is 0.145. The second-order valence-corrected chi connectivity index (χ2v) is 7.44. The summed E-state index contributed by atoms with van der Waals surface area (Å²) in [5.41, 5.74) is 1.93. The standard InChI is InChI=1S/C22H19N3O5/c1-13(26)23-15-3-2-4-16(10-15)24-21(27)22(7-8-22)20-11-18(30-25-20)14-5-6-17-19(9-14)29-12-28-17/h2-6,9-11H,7-8,12H2,1H3,(H,23,26)(H,24,27).